The first kappa shape index (κ1) is 15.2. The maximum Gasteiger partial charge on any atom is 0.0793 e. The van der Waals surface area contributed by atoms with E-state index in [9.17, 15) is 5.11 Å². The van der Waals surface area contributed by atoms with Crippen LogP contribution in [0.1, 0.15) is 19.4 Å². The predicted molar refractivity (Wildman–Crippen MR) is 76.6 cm³/mol. The second-order valence-corrected chi connectivity index (χ2v) is 4.82. The van der Waals surface area contributed by atoms with Crippen molar-refractivity contribution in [2.75, 3.05) is 33.2 Å². The second kappa shape index (κ2) is 8.25. The SMILES string of the molecule is CCN(CC)CC(O)CN(C)Cc1ccccc1. The highest BCUT2D eigenvalue weighted by atomic mass is 16.3. The fraction of sp³-hybridized carbons (Fsp3) is 0.600. The van der Waals surface area contributed by atoms with Gasteiger partial charge in [0, 0.05) is 19.6 Å². The highest BCUT2D eigenvalue weighted by molar-refractivity contribution is 5.14. The van der Waals surface area contributed by atoms with Crippen molar-refractivity contribution in [2.45, 2.75) is 26.5 Å². The van der Waals surface area contributed by atoms with Gasteiger partial charge in [0.15, 0.2) is 0 Å². The van der Waals surface area contributed by atoms with Crippen molar-refractivity contribution in [1.82, 2.24) is 9.80 Å². The van der Waals surface area contributed by atoms with E-state index in [1.165, 1.54) is 5.56 Å². The number of rotatable bonds is 8. The number of hydrogen-bond acceptors (Lipinski definition) is 3. The third kappa shape index (κ3) is 5.63. The minimum absolute atomic E-state index is 0.279. The van der Waals surface area contributed by atoms with E-state index >= 15 is 0 Å². The molecule has 0 saturated heterocycles. The first-order valence-electron chi connectivity index (χ1n) is 6.78. The van der Waals surface area contributed by atoms with Crippen LogP contribution in [0, 0.1) is 0 Å². The smallest absolute Gasteiger partial charge is 0.0793 e. The molecule has 0 aromatic heterocycles. The lowest BCUT2D eigenvalue weighted by molar-refractivity contribution is 0.0837. The van der Waals surface area contributed by atoms with Crippen LogP contribution in [0.5, 0.6) is 0 Å². The van der Waals surface area contributed by atoms with Crippen LogP contribution in [-0.2, 0) is 6.54 Å². The monoisotopic (exact) mass is 250 g/mol. The van der Waals surface area contributed by atoms with E-state index in [0.29, 0.717) is 6.54 Å². The van der Waals surface area contributed by atoms with Crippen molar-refractivity contribution < 1.29 is 5.11 Å². The number of hydrogen-bond donors (Lipinski definition) is 1. The van der Waals surface area contributed by atoms with Crippen LogP contribution in [0.2, 0.25) is 0 Å². The summed E-state index contributed by atoms with van der Waals surface area (Å²) in [6.07, 6.45) is -0.279. The molecule has 0 aliphatic heterocycles. The Kier molecular flexibility index (Phi) is 6.94. The molecule has 3 nitrogen and oxygen atoms in total. The number of nitrogens with zero attached hydrogens (tertiary/aromatic N) is 2. The number of likely N-dealkylation sites (N-methyl/N-ethyl adjacent to an activating group) is 2. The Hall–Kier alpha value is -0.900. The topological polar surface area (TPSA) is 26.7 Å². The van der Waals surface area contributed by atoms with Crippen molar-refractivity contribution >= 4 is 0 Å². The van der Waals surface area contributed by atoms with Gasteiger partial charge >= 0.3 is 0 Å². The van der Waals surface area contributed by atoms with Crippen LogP contribution in [-0.4, -0.2) is 54.2 Å². The van der Waals surface area contributed by atoms with E-state index in [2.05, 4.69) is 55.0 Å². The lowest BCUT2D eigenvalue weighted by Crippen LogP contribution is -2.38. The Morgan fingerprint density at radius 1 is 1.06 bits per heavy atom. The largest absolute Gasteiger partial charge is 0.390 e. The fourth-order valence-corrected chi connectivity index (χ4v) is 2.16. The minimum Gasteiger partial charge on any atom is -0.390 e. The quantitative estimate of drug-likeness (QED) is 0.762. The molecule has 0 aliphatic rings. The molecule has 1 aromatic carbocycles. The predicted octanol–water partition coefficient (Wildman–Crippen LogP) is 1.82. The molecule has 0 fully saturated rings. The molecule has 0 radical (unpaired) electrons. The zero-order valence-corrected chi connectivity index (χ0v) is 11.8. The summed E-state index contributed by atoms with van der Waals surface area (Å²) in [4.78, 5) is 4.42. The second-order valence-electron chi connectivity index (χ2n) is 4.82. The normalized spacial score (nSPS) is 13.2. The van der Waals surface area contributed by atoms with Gasteiger partial charge in [-0.3, -0.25) is 4.90 Å². The molecular weight excluding hydrogens is 224 g/mol. The van der Waals surface area contributed by atoms with Gasteiger partial charge < -0.3 is 10.0 Å². The van der Waals surface area contributed by atoms with Crippen molar-refractivity contribution in [3.05, 3.63) is 35.9 Å². The van der Waals surface area contributed by atoms with E-state index in [0.717, 1.165) is 26.2 Å². The van der Waals surface area contributed by atoms with Crippen molar-refractivity contribution in [2.24, 2.45) is 0 Å². The molecule has 0 spiro atoms. The molecule has 1 N–H and O–H groups in total. The molecule has 3 heteroatoms. The summed E-state index contributed by atoms with van der Waals surface area (Å²) < 4.78 is 0. The Bertz CT molecular complexity index is 312. The van der Waals surface area contributed by atoms with Gasteiger partial charge in [-0.2, -0.15) is 0 Å². The first-order valence-corrected chi connectivity index (χ1v) is 6.78. The van der Waals surface area contributed by atoms with E-state index in [-0.39, 0.29) is 6.10 Å². The molecular formula is C15H26N2O. The Balaban J connectivity index is 2.33. The summed E-state index contributed by atoms with van der Waals surface area (Å²) in [6.45, 7) is 8.60. The Morgan fingerprint density at radius 3 is 2.22 bits per heavy atom. The molecule has 1 rings (SSSR count). The maximum atomic E-state index is 10.0. The zero-order valence-electron chi connectivity index (χ0n) is 11.8. The van der Waals surface area contributed by atoms with Crippen molar-refractivity contribution in [1.29, 1.82) is 0 Å². The van der Waals surface area contributed by atoms with E-state index in [1.807, 2.05) is 6.07 Å². The van der Waals surface area contributed by atoms with Gasteiger partial charge in [-0.25, -0.2) is 0 Å². The van der Waals surface area contributed by atoms with Gasteiger partial charge in [-0.05, 0) is 25.7 Å². The average molecular weight is 250 g/mol. The highest BCUT2D eigenvalue weighted by Crippen LogP contribution is 2.03. The van der Waals surface area contributed by atoms with Gasteiger partial charge in [-0.15, -0.1) is 0 Å². The lowest BCUT2D eigenvalue weighted by Gasteiger charge is -2.25. The number of benzene rings is 1. The van der Waals surface area contributed by atoms with Gasteiger partial charge in [-0.1, -0.05) is 44.2 Å². The van der Waals surface area contributed by atoms with E-state index in [4.69, 9.17) is 0 Å². The van der Waals surface area contributed by atoms with Crippen LogP contribution in [0.15, 0.2) is 30.3 Å². The molecule has 1 aromatic rings. The molecule has 102 valence electrons. The molecule has 1 atom stereocenters. The number of aliphatic hydroxyl groups excluding tert-OH is 1. The molecule has 0 saturated carbocycles. The first-order chi connectivity index (χ1) is 8.65. The van der Waals surface area contributed by atoms with Crippen molar-refractivity contribution in [3.8, 4) is 0 Å². The molecule has 1 unspecified atom stereocenters. The zero-order chi connectivity index (χ0) is 13.4. The Morgan fingerprint density at radius 2 is 1.67 bits per heavy atom. The summed E-state index contributed by atoms with van der Waals surface area (Å²) in [5, 5.41) is 10.0. The summed E-state index contributed by atoms with van der Waals surface area (Å²) in [6, 6.07) is 10.4. The molecule has 0 aliphatic carbocycles. The van der Waals surface area contributed by atoms with Crippen LogP contribution < -0.4 is 0 Å². The molecule has 0 amide bonds. The molecule has 18 heavy (non-hydrogen) atoms. The van der Waals surface area contributed by atoms with E-state index < -0.39 is 0 Å². The third-order valence-electron chi connectivity index (χ3n) is 3.18. The van der Waals surface area contributed by atoms with E-state index in [1.54, 1.807) is 0 Å². The lowest BCUT2D eigenvalue weighted by atomic mass is 10.2. The summed E-state index contributed by atoms with van der Waals surface area (Å²) >= 11 is 0. The van der Waals surface area contributed by atoms with Gasteiger partial charge in [0.2, 0.25) is 0 Å². The summed E-state index contributed by atoms with van der Waals surface area (Å²) in [5.74, 6) is 0. The summed E-state index contributed by atoms with van der Waals surface area (Å²) in [7, 11) is 2.05. The van der Waals surface area contributed by atoms with Gasteiger partial charge in [0.05, 0.1) is 6.10 Å². The van der Waals surface area contributed by atoms with Crippen molar-refractivity contribution in [3.63, 3.8) is 0 Å². The van der Waals surface area contributed by atoms with Crippen LogP contribution >= 0.6 is 0 Å². The van der Waals surface area contributed by atoms with Gasteiger partial charge in [0.1, 0.15) is 0 Å². The summed E-state index contributed by atoms with van der Waals surface area (Å²) in [5.41, 5.74) is 1.29. The van der Waals surface area contributed by atoms with Crippen LogP contribution in [0.25, 0.3) is 0 Å². The maximum absolute atomic E-state index is 10.0. The molecule has 0 bridgehead atoms. The van der Waals surface area contributed by atoms with Crippen LogP contribution in [0.3, 0.4) is 0 Å². The van der Waals surface area contributed by atoms with Gasteiger partial charge in [0.25, 0.3) is 0 Å². The highest BCUT2D eigenvalue weighted by Gasteiger charge is 2.11. The average Bonchev–Trinajstić information content (AvgIpc) is 2.36. The fourth-order valence-electron chi connectivity index (χ4n) is 2.16. The number of aliphatic hydroxyl groups is 1. The minimum atomic E-state index is -0.279. The van der Waals surface area contributed by atoms with Crippen LogP contribution in [0.4, 0.5) is 0 Å². The third-order valence-corrected chi connectivity index (χ3v) is 3.18. The Labute approximate surface area is 111 Å². The standard InChI is InChI=1S/C15H26N2O/c1-4-17(5-2)13-15(18)12-16(3)11-14-9-7-6-8-10-14/h6-10,15,18H,4-5,11-13H2,1-3H3. The molecule has 0 heterocycles.